The van der Waals surface area contributed by atoms with E-state index in [1.807, 2.05) is 0 Å². The van der Waals surface area contributed by atoms with Crippen molar-refractivity contribution in [2.45, 2.75) is 0 Å². The number of piperazine rings is 1. The number of nitrogens with zero attached hydrogens (tertiary/aromatic N) is 3. The number of nitrogens with one attached hydrogen (secondary N) is 1. The molecule has 9 nitrogen and oxygen atoms in total. The fraction of sp³-hybridized carbons (Fsp3) is 0.316. The van der Waals surface area contributed by atoms with Crippen molar-refractivity contribution in [3.8, 4) is 5.75 Å². The van der Waals surface area contributed by atoms with E-state index in [0.717, 1.165) is 12.5 Å². The SMILES string of the molecule is COc1cc(C(=O)N2CCN(C(=O)c3ccncc3F)CC2)ccc1NS(C)(=O)=O. The van der Waals surface area contributed by atoms with Gasteiger partial charge in [-0.2, -0.15) is 0 Å². The number of hydrogen-bond donors (Lipinski definition) is 1. The van der Waals surface area contributed by atoms with E-state index < -0.39 is 21.7 Å². The summed E-state index contributed by atoms with van der Waals surface area (Å²) in [7, 11) is -2.12. The van der Waals surface area contributed by atoms with Gasteiger partial charge in [-0.05, 0) is 24.3 Å². The number of rotatable bonds is 5. The lowest BCUT2D eigenvalue weighted by Crippen LogP contribution is -2.50. The number of aromatic nitrogens is 1. The van der Waals surface area contributed by atoms with Gasteiger partial charge < -0.3 is 14.5 Å². The molecule has 1 saturated heterocycles. The van der Waals surface area contributed by atoms with Crippen LogP contribution in [0.25, 0.3) is 0 Å². The molecule has 3 rings (SSSR count). The van der Waals surface area contributed by atoms with Crippen molar-refractivity contribution in [2.75, 3.05) is 44.3 Å². The molecule has 0 spiro atoms. The first-order chi connectivity index (χ1) is 14.2. The van der Waals surface area contributed by atoms with Crippen molar-refractivity contribution >= 4 is 27.5 Å². The maximum absolute atomic E-state index is 13.8. The average Bonchev–Trinajstić information content (AvgIpc) is 2.72. The molecule has 1 aromatic heterocycles. The fourth-order valence-electron chi connectivity index (χ4n) is 3.12. The predicted octanol–water partition coefficient (Wildman–Crippen LogP) is 1.20. The average molecular weight is 436 g/mol. The summed E-state index contributed by atoms with van der Waals surface area (Å²) in [6, 6.07) is 5.74. The van der Waals surface area contributed by atoms with Crippen LogP contribution in [0.4, 0.5) is 10.1 Å². The van der Waals surface area contributed by atoms with Crippen molar-refractivity contribution in [2.24, 2.45) is 0 Å². The Labute approximate surface area is 173 Å². The lowest BCUT2D eigenvalue weighted by Gasteiger charge is -2.35. The lowest BCUT2D eigenvalue weighted by atomic mass is 10.1. The normalized spacial score (nSPS) is 14.4. The third kappa shape index (κ3) is 4.85. The van der Waals surface area contributed by atoms with Crippen LogP contribution in [-0.4, -0.2) is 74.6 Å². The highest BCUT2D eigenvalue weighted by Gasteiger charge is 2.27. The predicted molar refractivity (Wildman–Crippen MR) is 107 cm³/mol. The molecule has 2 aromatic rings. The number of amides is 2. The molecule has 0 aliphatic carbocycles. The molecule has 1 N–H and O–H groups in total. The highest BCUT2D eigenvalue weighted by Crippen LogP contribution is 2.27. The highest BCUT2D eigenvalue weighted by atomic mass is 32.2. The summed E-state index contributed by atoms with van der Waals surface area (Å²) < 4.78 is 44.2. The molecule has 1 aliphatic rings. The van der Waals surface area contributed by atoms with Gasteiger partial charge in [-0.1, -0.05) is 0 Å². The van der Waals surface area contributed by atoms with Gasteiger partial charge in [0.2, 0.25) is 10.0 Å². The summed E-state index contributed by atoms with van der Waals surface area (Å²) in [6.45, 7) is 1.08. The third-order valence-corrected chi connectivity index (χ3v) is 5.19. The summed E-state index contributed by atoms with van der Waals surface area (Å²) in [5, 5.41) is 0. The van der Waals surface area contributed by atoms with Gasteiger partial charge in [-0.15, -0.1) is 0 Å². The van der Waals surface area contributed by atoms with Crippen molar-refractivity contribution in [3.63, 3.8) is 0 Å². The van der Waals surface area contributed by atoms with Crippen LogP contribution in [-0.2, 0) is 10.0 Å². The molecule has 0 radical (unpaired) electrons. The summed E-state index contributed by atoms with van der Waals surface area (Å²) in [5.74, 6) is -1.19. The molecule has 0 unspecified atom stereocenters. The number of ether oxygens (including phenoxy) is 1. The summed E-state index contributed by atoms with van der Waals surface area (Å²) in [6.07, 6.45) is 3.36. The van der Waals surface area contributed by atoms with Crippen LogP contribution in [0.2, 0.25) is 0 Å². The fourth-order valence-corrected chi connectivity index (χ4v) is 3.69. The van der Waals surface area contributed by atoms with E-state index in [9.17, 15) is 22.4 Å². The Balaban J connectivity index is 1.68. The zero-order valence-electron chi connectivity index (χ0n) is 16.5. The lowest BCUT2D eigenvalue weighted by molar-refractivity contribution is 0.0532. The summed E-state index contributed by atoms with van der Waals surface area (Å²) >= 11 is 0. The van der Waals surface area contributed by atoms with Gasteiger partial charge in [0.25, 0.3) is 11.8 Å². The second-order valence-corrected chi connectivity index (χ2v) is 8.48. The number of halogens is 1. The van der Waals surface area contributed by atoms with Gasteiger partial charge in [0.15, 0.2) is 5.82 Å². The maximum Gasteiger partial charge on any atom is 0.257 e. The van der Waals surface area contributed by atoms with E-state index in [-0.39, 0.29) is 49.1 Å². The number of hydrogen-bond acceptors (Lipinski definition) is 6. The van der Waals surface area contributed by atoms with Crippen molar-refractivity contribution in [3.05, 3.63) is 53.6 Å². The minimum absolute atomic E-state index is 0.0523. The Bertz CT molecular complexity index is 1070. The Kier molecular flexibility index (Phi) is 6.20. The minimum atomic E-state index is -3.50. The molecule has 1 fully saturated rings. The Morgan fingerprint density at radius 2 is 1.73 bits per heavy atom. The zero-order chi connectivity index (χ0) is 21.9. The molecule has 0 bridgehead atoms. The van der Waals surface area contributed by atoms with E-state index in [1.54, 1.807) is 4.90 Å². The second kappa shape index (κ2) is 8.66. The van der Waals surface area contributed by atoms with Gasteiger partial charge >= 0.3 is 0 Å². The molecule has 30 heavy (non-hydrogen) atoms. The van der Waals surface area contributed by atoms with Gasteiger partial charge in [-0.25, -0.2) is 12.8 Å². The molecular weight excluding hydrogens is 415 g/mol. The van der Waals surface area contributed by atoms with Crippen molar-refractivity contribution < 1.29 is 27.1 Å². The Morgan fingerprint density at radius 1 is 1.10 bits per heavy atom. The van der Waals surface area contributed by atoms with Gasteiger partial charge in [0.1, 0.15) is 5.75 Å². The van der Waals surface area contributed by atoms with E-state index in [1.165, 1.54) is 42.5 Å². The number of benzene rings is 1. The Morgan fingerprint density at radius 3 is 2.30 bits per heavy atom. The monoisotopic (exact) mass is 436 g/mol. The molecule has 2 amide bonds. The van der Waals surface area contributed by atoms with Crippen LogP contribution in [0.5, 0.6) is 5.75 Å². The molecule has 0 atom stereocenters. The first-order valence-corrected chi connectivity index (χ1v) is 10.9. The maximum atomic E-state index is 13.8. The van der Waals surface area contributed by atoms with Crippen molar-refractivity contribution in [1.82, 2.24) is 14.8 Å². The minimum Gasteiger partial charge on any atom is -0.495 e. The third-order valence-electron chi connectivity index (χ3n) is 4.60. The first-order valence-electron chi connectivity index (χ1n) is 9.03. The van der Waals surface area contributed by atoms with Crippen LogP contribution < -0.4 is 9.46 Å². The molecular formula is C19H21FN4O5S. The molecule has 1 aliphatic heterocycles. The second-order valence-electron chi connectivity index (χ2n) is 6.73. The Hall–Kier alpha value is -3.21. The number of sulfonamides is 1. The number of pyridine rings is 1. The van der Waals surface area contributed by atoms with Crippen molar-refractivity contribution in [1.29, 1.82) is 0 Å². The standard InChI is InChI=1S/C19H21FN4O5S/c1-29-17-11-13(3-4-16(17)22-30(2,27)28)18(25)23-7-9-24(10-8-23)19(26)14-5-6-21-12-15(14)20/h3-6,11-12,22H,7-10H2,1-2H3. The molecule has 0 saturated carbocycles. The summed E-state index contributed by atoms with van der Waals surface area (Å²) in [5.41, 5.74) is 0.501. The zero-order valence-corrected chi connectivity index (χ0v) is 17.3. The van der Waals surface area contributed by atoms with Crippen LogP contribution in [0.1, 0.15) is 20.7 Å². The smallest absolute Gasteiger partial charge is 0.257 e. The topological polar surface area (TPSA) is 109 Å². The van der Waals surface area contributed by atoms with Crippen LogP contribution in [0, 0.1) is 5.82 Å². The quantitative estimate of drug-likeness (QED) is 0.755. The van der Waals surface area contributed by atoms with Gasteiger partial charge in [0, 0.05) is 37.9 Å². The molecule has 160 valence electrons. The summed E-state index contributed by atoms with van der Waals surface area (Å²) in [4.78, 5) is 32.0. The largest absolute Gasteiger partial charge is 0.495 e. The number of methoxy groups -OCH3 is 1. The van der Waals surface area contributed by atoms with Gasteiger partial charge in [0.05, 0.1) is 30.8 Å². The number of anilines is 1. The number of carbonyl (C=O) groups is 2. The van der Waals surface area contributed by atoms with E-state index in [0.29, 0.717) is 5.56 Å². The molecule has 11 heteroatoms. The van der Waals surface area contributed by atoms with Gasteiger partial charge in [-0.3, -0.25) is 19.3 Å². The van der Waals surface area contributed by atoms with Crippen LogP contribution in [0.15, 0.2) is 36.7 Å². The van der Waals surface area contributed by atoms with Crippen LogP contribution in [0.3, 0.4) is 0 Å². The van der Waals surface area contributed by atoms with Crippen LogP contribution >= 0.6 is 0 Å². The highest BCUT2D eigenvalue weighted by molar-refractivity contribution is 7.92. The molecule has 2 heterocycles. The van der Waals surface area contributed by atoms with E-state index in [2.05, 4.69) is 9.71 Å². The van der Waals surface area contributed by atoms with E-state index >= 15 is 0 Å². The number of carbonyl (C=O) groups excluding carboxylic acids is 2. The van der Waals surface area contributed by atoms with E-state index in [4.69, 9.17) is 4.74 Å². The molecule has 1 aromatic carbocycles. The first kappa shape index (κ1) is 21.5.